The summed E-state index contributed by atoms with van der Waals surface area (Å²) in [4.78, 5) is 4.62. The molecule has 4 aromatic rings. The van der Waals surface area contributed by atoms with Crippen molar-refractivity contribution in [3.8, 4) is 11.3 Å². The van der Waals surface area contributed by atoms with Crippen LogP contribution >= 0.6 is 0 Å². The highest BCUT2D eigenvalue weighted by Crippen LogP contribution is 2.24. The summed E-state index contributed by atoms with van der Waals surface area (Å²) in [5.41, 5.74) is 4.24. The van der Waals surface area contributed by atoms with Crippen LogP contribution in [0.4, 0.5) is 11.5 Å². The lowest BCUT2D eigenvalue weighted by Crippen LogP contribution is -2.12. The Bertz CT molecular complexity index is 1240. The third-order valence-electron chi connectivity index (χ3n) is 4.42. The van der Waals surface area contributed by atoms with Crippen molar-refractivity contribution in [2.45, 2.75) is 11.7 Å². The molecule has 0 fully saturated rings. The van der Waals surface area contributed by atoms with Crippen molar-refractivity contribution in [3.05, 3.63) is 66.9 Å². The fraction of sp³-hybridized carbons (Fsp3) is 0.0526. The molecule has 2 N–H and O–H groups in total. The van der Waals surface area contributed by atoms with E-state index in [0.717, 1.165) is 29.6 Å². The predicted octanol–water partition coefficient (Wildman–Crippen LogP) is 2.50. The second-order valence-electron chi connectivity index (χ2n) is 6.28. The largest absolute Gasteiger partial charge is 0.340 e. The maximum atomic E-state index is 11.2. The zero-order chi connectivity index (χ0) is 19.7. The Hall–Kier alpha value is -3.17. The highest BCUT2D eigenvalue weighted by Gasteiger charge is 2.13. The van der Waals surface area contributed by atoms with Crippen molar-refractivity contribution in [3.63, 3.8) is 0 Å². The van der Waals surface area contributed by atoms with E-state index in [-0.39, 0.29) is 4.90 Å². The SMILES string of the molecule is CBc1cnn2c(Nc3ccc(S(=O)(=O)O)cc3)cc(-c3ccccc3)nc12. The fourth-order valence-electron chi connectivity index (χ4n) is 2.96. The number of nitrogens with one attached hydrogen (secondary N) is 1. The fourth-order valence-corrected chi connectivity index (χ4v) is 3.44. The average Bonchev–Trinajstić information content (AvgIpc) is 3.12. The minimum Gasteiger partial charge on any atom is -0.340 e. The Balaban J connectivity index is 1.80. The Labute approximate surface area is 163 Å². The molecule has 0 bridgehead atoms. The minimum absolute atomic E-state index is 0.157. The van der Waals surface area contributed by atoms with Crippen molar-refractivity contribution in [1.82, 2.24) is 14.6 Å². The molecule has 0 saturated heterocycles. The van der Waals surface area contributed by atoms with Gasteiger partial charge in [0.1, 0.15) is 5.82 Å². The Morgan fingerprint density at radius 2 is 1.79 bits per heavy atom. The van der Waals surface area contributed by atoms with Gasteiger partial charge in [0.2, 0.25) is 0 Å². The van der Waals surface area contributed by atoms with E-state index in [1.54, 1.807) is 22.8 Å². The summed E-state index contributed by atoms with van der Waals surface area (Å²) >= 11 is 0. The minimum atomic E-state index is -4.23. The van der Waals surface area contributed by atoms with Gasteiger partial charge in [0.25, 0.3) is 10.1 Å². The zero-order valence-electron chi connectivity index (χ0n) is 15.1. The number of aromatic nitrogens is 3. The summed E-state index contributed by atoms with van der Waals surface area (Å²) in [6.45, 7) is 2.05. The molecule has 2 heterocycles. The van der Waals surface area contributed by atoms with Crippen LogP contribution in [0.5, 0.6) is 0 Å². The number of fused-ring (bicyclic) bond motifs is 1. The van der Waals surface area contributed by atoms with Gasteiger partial charge in [-0.1, -0.05) is 37.2 Å². The number of rotatable bonds is 5. The molecule has 28 heavy (non-hydrogen) atoms. The molecule has 0 aliphatic carbocycles. The topological polar surface area (TPSA) is 96.6 Å². The first-order valence-corrected chi connectivity index (χ1v) is 10.2. The molecule has 0 spiro atoms. The lowest BCUT2D eigenvalue weighted by molar-refractivity contribution is 0.483. The van der Waals surface area contributed by atoms with Gasteiger partial charge < -0.3 is 5.32 Å². The zero-order valence-corrected chi connectivity index (χ0v) is 15.9. The smallest absolute Gasteiger partial charge is 0.294 e. The lowest BCUT2D eigenvalue weighted by Gasteiger charge is -2.11. The molecule has 4 rings (SSSR count). The number of benzene rings is 2. The summed E-state index contributed by atoms with van der Waals surface area (Å²) < 4.78 is 33.3. The maximum Gasteiger partial charge on any atom is 0.294 e. The first-order valence-electron chi connectivity index (χ1n) is 8.73. The van der Waals surface area contributed by atoms with Gasteiger partial charge >= 0.3 is 0 Å². The highest BCUT2D eigenvalue weighted by atomic mass is 32.2. The van der Waals surface area contributed by atoms with Crippen LogP contribution in [0.25, 0.3) is 16.9 Å². The quantitative estimate of drug-likeness (QED) is 0.400. The molecule has 9 heteroatoms. The van der Waals surface area contributed by atoms with Crippen LogP contribution in [0.2, 0.25) is 6.82 Å². The Kier molecular flexibility index (Phi) is 4.62. The molecule has 0 aliphatic heterocycles. The van der Waals surface area contributed by atoms with Gasteiger partial charge in [0.05, 0.1) is 10.6 Å². The van der Waals surface area contributed by atoms with E-state index in [2.05, 4.69) is 17.2 Å². The van der Waals surface area contributed by atoms with Crippen LogP contribution in [0.15, 0.2) is 71.8 Å². The molecule has 2 aromatic carbocycles. The van der Waals surface area contributed by atoms with Crippen molar-refractivity contribution >= 4 is 40.0 Å². The van der Waals surface area contributed by atoms with Crippen molar-refractivity contribution in [2.75, 3.05) is 5.32 Å². The molecule has 7 nitrogen and oxygen atoms in total. The van der Waals surface area contributed by atoms with Gasteiger partial charge in [-0.15, -0.1) is 0 Å². The molecule has 0 amide bonds. The van der Waals surface area contributed by atoms with Gasteiger partial charge in [-0.05, 0) is 29.7 Å². The van der Waals surface area contributed by atoms with Gasteiger partial charge in [-0.25, -0.2) is 4.98 Å². The highest BCUT2D eigenvalue weighted by molar-refractivity contribution is 7.85. The van der Waals surface area contributed by atoms with E-state index in [9.17, 15) is 8.42 Å². The van der Waals surface area contributed by atoms with Crippen LogP contribution in [0.3, 0.4) is 0 Å². The standard InChI is InChI=1S/C19H17BN4O3S/c1-20-16-12-21-24-18(22-14-7-9-15(10-8-14)28(25,26)27)11-17(23-19(16)24)13-5-3-2-4-6-13/h2-12,20,22H,1H3,(H,25,26,27). The number of anilines is 2. The molecule has 0 radical (unpaired) electrons. The molecule has 2 aromatic heterocycles. The Morgan fingerprint density at radius 1 is 1.07 bits per heavy atom. The van der Waals surface area contributed by atoms with Crippen LogP contribution in [0, 0.1) is 0 Å². The van der Waals surface area contributed by atoms with E-state index in [1.807, 2.05) is 36.4 Å². The lowest BCUT2D eigenvalue weighted by atomic mass is 9.75. The monoisotopic (exact) mass is 392 g/mol. The van der Waals surface area contributed by atoms with Crippen LogP contribution < -0.4 is 10.8 Å². The summed E-state index contributed by atoms with van der Waals surface area (Å²) in [5, 5.41) is 7.69. The summed E-state index contributed by atoms with van der Waals surface area (Å²) in [6, 6.07) is 17.6. The van der Waals surface area contributed by atoms with E-state index in [4.69, 9.17) is 9.54 Å². The van der Waals surface area contributed by atoms with E-state index in [0.29, 0.717) is 11.5 Å². The van der Waals surface area contributed by atoms with Crippen molar-refractivity contribution < 1.29 is 13.0 Å². The number of nitrogens with zero attached hydrogens (tertiary/aromatic N) is 3. The molecule has 0 unspecified atom stereocenters. The molecular weight excluding hydrogens is 375 g/mol. The third kappa shape index (κ3) is 3.49. The van der Waals surface area contributed by atoms with E-state index in [1.165, 1.54) is 12.1 Å². The van der Waals surface area contributed by atoms with Crippen LogP contribution in [-0.2, 0) is 10.1 Å². The molecular formula is C19H17BN4O3S. The third-order valence-corrected chi connectivity index (χ3v) is 5.29. The normalized spacial score (nSPS) is 11.5. The molecule has 140 valence electrons. The van der Waals surface area contributed by atoms with Gasteiger partial charge in [-0.2, -0.15) is 18.0 Å². The molecule has 0 aliphatic rings. The number of hydrogen-bond acceptors (Lipinski definition) is 5. The van der Waals surface area contributed by atoms with Gasteiger partial charge in [0.15, 0.2) is 12.9 Å². The first-order chi connectivity index (χ1) is 13.5. The van der Waals surface area contributed by atoms with Crippen molar-refractivity contribution in [1.29, 1.82) is 0 Å². The Morgan fingerprint density at radius 3 is 2.43 bits per heavy atom. The molecule has 0 atom stereocenters. The van der Waals surface area contributed by atoms with Crippen molar-refractivity contribution in [2.24, 2.45) is 0 Å². The summed E-state index contributed by atoms with van der Waals surface area (Å²) in [5.74, 6) is 0.697. The second-order valence-corrected chi connectivity index (χ2v) is 7.70. The summed E-state index contributed by atoms with van der Waals surface area (Å²) in [7, 11) is -3.42. The summed E-state index contributed by atoms with van der Waals surface area (Å²) in [6.07, 6.45) is 1.80. The van der Waals surface area contributed by atoms with Gasteiger partial charge in [-0.3, -0.25) is 4.55 Å². The predicted molar refractivity (Wildman–Crippen MR) is 111 cm³/mol. The first kappa shape index (κ1) is 18.2. The molecule has 0 saturated carbocycles. The number of hydrogen-bond donors (Lipinski definition) is 2. The van der Waals surface area contributed by atoms with Gasteiger partial charge in [0, 0.05) is 23.5 Å². The van der Waals surface area contributed by atoms with E-state index >= 15 is 0 Å². The van der Waals surface area contributed by atoms with Crippen LogP contribution in [-0.4, -0.2) is 34.8 Å². The maximum absolute atomic E-state index is 11.2. The second kappa shape index (κ2) is 7.10. The van der Waals surface area contributed by atoms with Crippen LogP contribution in [0.1, 0.15) is 0 Å². The average molecular weight is 392 g/mol. The van der Waals surface area contributed by atoms with E-state index < -0.39 is 10.1 Å².